The van der Waals surface area contributed by atoms with E-state index in [2.05, 4.69) is 10.7 Å². The Morgan fingerprint density at radius 1 is 1.20 bits per heavy atom. The second kappa shape index (κ2) is 12.2. The van der Waals surface area contributed by atoms with Crippen LogP contribution in [-0.4, -0.2) is 68.8 Å². The van der Waals surface area contributed by atoms with Crippen LogP contribution in [0.15, 0.2) is 48.5 Å². The Bertz CT molecular complexity index is 1040. The topological polar surface area (TPSA) is 94.2 Å². The number of anilines is 2. The molecule has 9 nitrogen and oxygen atoms in total. The molecular weight excluding hydrogens is 453 g/mol. The monoisotopic (exact) mass is 485 g/mol. The molecule has 0 radical (unpaired) electrons. The summed E-state index contributed by atoms with van der Waals surface area (Å²) in [7, 11) is 1.67. The highest BCUT2D eigenvalue weighted by molar-refractivity contribution is 5.90. The summed E-state index contributed by atoms with van der Waals surface area (Å²) in [5.74, 6) is -0.740. The average molecular weight is 486 g/mol. The quantitative estimate of drug-likeness (QED) is 0.475. The predicted molar refractivity (Wildman–Crippen MR) is 132 cm³/mol. The van der Waals surface area contributed by atoms with Gasteiger partial charge in [0.15, 0.2) is 0 Å². The van der Waals surface area contributed by atoms with Crippen LogP contribution in [0.4, 0.5) is 20.6 Å². The molecule has 35 heavy (non-hydrogen) atoms. The summed E-state index contributed by atoms with van der Waals surface area (Å²) in [6, 6.07) is 14.1. The van der Waals surface area contributed by atoms with E-state index in [1.807, 2.05) is 42.2 Å². The first-order valence-corrected chi connectivity index (χ1v) is 11.6. The third-order valence-electron chi connectivity index (χ3n) is 5.72. The molecular formula is C25H32FN5O4. The first-order chi connectivity index (χ1) is 16.8. The van der Waals surface area contributed by atoms with Gasteiger partial charge >= 0.3 is 6.09 Å². The van der Waals surface area contributed by atoms with E-state index in [0.717, 1.165) is 5.56 Å². The molecule has 0 unspecified atom stereocenters. The van der Waals surface area contributed by atoms with Gasteiger partial charge < -0.3 is 15.0 Å². The van der Waals surface area contributed by atoms with Gasteiger partial charge in [0.1, 0.15) is 11.9 Å². The highest BCUT2D eigenvalue weighted by Gasteiger charge is 2.32. The number of halogens is 1. The van der Waals surface area contributed by atoms with Gasteiger partial charge in [-0.25, -0.2) is 14.6 Å². The highest BCUT2D eigenvalue weighted by Crippen LogP contribution is 2.27. The number of rotatable bonds is 11. The van der Waals surface area contributed by atoms with Gasteiger partial charge in [-0.2, -0.15) is 0 Å². The second-order valence-corrected chi connectivity index (χ2v) is 8.29. The lowest BCUT2D eigenvalue weighted by atomic mass is 10.1. The number of benzene rings is 2. The molecule has 2 aromatic carbocycles. The van der Waals surface area contributed by atoms with Crippen LogP contribution in [0.25, 0.3) is 0 Å². The van der Waals surface area contributed by atoms with E-state index in [0.29, 0.717) is 37.4 Å². The van der Waals surface area contributed by atoms with Crippen molar-refractivity contribution in [1.29, 1.82) is 0 Å². The Morgan fingerprint density at radius 3 is 2.60 bits per heavy atom. The molecule has 3 amide bonds. The normalized spacial score (nSPS) is 15.0. The molecule has 0 spiro atoms. The molecule has 2 N–H and O–H groups in total. The molecule has 1 aliphatic heterocycles. The molecule has 1 saturated heterocycles. The van der Waals surface area contributed by atoms with Crippen molar-refractivity contribution in [1.82, 2.24) is 15.8 Å². The van der Waals surface area contributed by atoms with Crippen molar-refractivity contribution < 1.29 is 23.5 Å². The maximum Gasteiger partial charge on any atom is 0.414 e. The fourth-order valence-corrected chi connectivity index (χ4v) is 3.80. The number of hydrogen-bond acceptors (Lipinski definition) is 6. The van der Waals surface area contributed by atoms with Gasteiger partial charge in [0, 0.05) is 33.6 Å². The van der Waals surface area contributed by atoms with Crippen molar-refractivity contribution >= 4 is 29.3 Å². The van der Waals surface area contributed by atoms with Crippen LogP contribution in [0.3, 0.4) is 0 Å². The number of ether oxygens (including phenoxy) is 1. The number of hydrogen-bond donors (Lipinski definition) is 2. The number of carbonyl (C=O) groups is 3. The van der Waals surface area contributed by atoms with E-state index in [4.69, 9.17) is 4.74 Å². The Labute approximate surface area is 204 Å². The molecule has 1 heterocycles. The summed E-state index contributed by atoms with van der Waals surface area (Å²) >= 11 is 0. The molecule has 10 heteroatoms. The molecule has 0 aromatic heterocycles. The predicted octanol–water partition coefficient (Wildman–Crippen LogP) is 2.32. The van der Waals surface area contributed by atoms with E-state index in [1.165, 1.54) is 22.9 Å². The third kappa shape index (κ3) is 7.16. The summed E-state index contributed by atoms with van der Waals surface area (Å²) in [6.07, 6.45) is -0.774. The van der Waals surface area contributed by atoms with Gasteiger partial charge in [0.05, 0.1) is 30.9 Å². The number of carbonyl (C=O) groups excluding carboxylic acids is 3. The van der Waals surface area contributed by atoms with Gasteiger partial charge in [-0.3, -0.25) is 19.5 Å². The fourth-order valence-electron chi connectivity index (χ4n) is 3.80. The minimum Gasteiger partial charge on any atom is -0.442 e. The smallest absolute Gasteiger partial charge is 0.414 e. The minimum absolute atomic E-state index is 0.0657. The summed E-state index contributed by atoms with van der Waals surface area (Å²) in [4.78, 5) is 38.9. The van der Waals surface area contributed by atoms with E-state index in [-0.39, 0.29) is 24.9 Å². The molecule has 1 fully saturated rings. The molecule has 0 aliphatic carbocycles. The van der Waals surface area contributed by atoms with E-state index in [9.17, 15) is 14.4 Å². The van der Waals surface area contributed by atoms with Crippen molar-refractivity contribution in [3.05, 3.63) is 59.9 Å². The van der Waals surface area contributed by atoms with Gasteiger partial charge in [0.25, 0.3) is 0 Å². The van der Waals surface area contributed by atoms with Crippen molar-refractivity contribution in [2.45, 2.75) is 26.4 Å². The fraction of sp³-hybridized carbons (Fsp3) is 0.400. The van der Waals surface area contributed by atoms with Crippen molar-refractivity contribution in [3.63, 3.8) is 0 Å². The van der Waals surface area contributed by atoms with E-state index < -0.39 is 18.0 Å². The van der Waals surface area contributed by atoms with Crippen LogP contribution in [0.2, 0.25) is 0 Å². The highest BCUT2D eigenvalue weighted by atomic mass is 19.1. The Kier molecular flexibility index (Phi) is 9.02. The lowest BCUT2D eigenvalue weighted by Crippen LogP contribution is -2.44. The van der Waals surface area contributed by atoms with Crippen LogP contribution in [0.5, 0.6) is 0 Å². The van der Waals surface area contributed by atoms with E-state index in [1.54, 1.807) is 19.2 Å². The molecule has 188 valence electrons. The molecule has 3 rings (SSSR count). The maximum absolute atomic E-state index is 15.0. The van der Waals surface area contributed by atoms with Crippen LogP contribution in [0.1, 0.15) is 19.4 Å². The zero-order chi connectivity index (χ0) is 25.4. The Morgan fingerprint density at radius 2 is 1.94 bits per heavy atom. The maximum atomic E-state index is 15.0. The van der Waals surface area contributed by atoms with Crippen LogP contribution < -0.4 is 20.5 Å². The Hall–Kier alpha value is -3.66. The number of nitrogens with zero attached hydrogens (tertiary/aromatic N) is 3. The third-order valence-corrected chi connectivity index (χ3v) is 5.72. The molecule has 1 atom stereocenters. The van der Waals surface area contributed by atoms with E-state index >= 15 is 4.39 Å². The first kappa shape index (κ1) is 26.0. The minimum atomic E-state index is -0.577. The van der Waals surface area contributed by atoms with Crippen molar-refractivity contribution in [3.8, 4) is 0 Å². The SMILES string of the molecule is CCN(CCNN(C)C(=O)Cc1ccccc1)c1ccc(N2C[C@H](CNC(C)=O)OC2=O)cc1F. The number of likely N-dealkylation sites (N-methyl/N-ethyl adjacent to an activating group) is 2. The zero-order valence-electron chi connectivity index (χ0n) is 20.3. The van der Waals surface area contributed by atoms with Crippen LogP contribution in [0, 0.1) is 5.82 Å². The number of nitrogens with one attached hydrogen (secondary N) is 2. The van der Waals surface area contributed by atoms with Crippen molar-refractivity contribution in [2.75, 3.05) is 49.6 Å². The van der Waals surface area contributed by atoms with Crippen LogP contribution >= 0.6 is 0 Å². The molecule has 2 aromatic rings. The van der Waals surface area contributed by atoms with Gasteiger partial charge in [-0.15, -0.1) is 0 Å². The van der Waals surface area contributed by atoms with Crippen LogP contribution in [-0.2, 0) is 20.7 Å². The second-order valence-electron chi connectivity index (χ2n) is 8.29. The van der Waals surface area contributed by atoms with Gasteiger partial charge in [-0.05, 0) is 30.7 Å². The summed E-state index contributed by atoms with van der Waals surface area (Å²) in [5, 5.41) is 4.07. The molecule has 0 bridgehead atoms. The number of amides is 3. The summed E-state index contributed by atoms with van der Waals surface area (Å²) in [5.41, 5.74) is 4.79. The molecule has 1 aliphatic rings. The largest absolute Gasteiger partial charge is 0.442 e. The van der Waals surface area contributed by atoms with Gasteiger partial charge in [-0.1, -0.05) is 30.3 Å². The standard InChI is InChI=1S/C25H32FN5O4/c1-4-30(13-12-28-29(3)24(33)14-19-8-6-5-7-9-19)23-11-10-20(15-22(23)26)31-17-21(35-25(31)34)16-27-18(2)32/h5-11,15,21,28H,4,12-14,16-17H2,1-3H3,(H,27,32)/t21-/m0/s1. The number of cyclic esters (lactones) is 1. The lowest BCUT2D eigenvalue weighted by molar-refractivity contribution is -0.132. The molecule has 0 saturated carbocycles. The average Bonchev–Trinajstić information content (AvgIpc) is 3.21. The Balaban J connectivity index is 1.54. The van der Waals surface area contributed by atoms with Crippen molar-refractivity contribution in [2.24, 2.45) is 0 Å². The first-order valence-electron chi connectivity index (χ1n) is 11.6. The lowest BCUT2D eigenvalue weighted by Gasteiger charge is -2.26. The zero-order valence-corrected chi connectivity index (χ0v) is 20.3. The summed E-state index contributed by atoms with van der Waals surface area (Å²) < 4.78 is 20.3. The van der Waals surface area contributed by atoms with Gasteiger partial charge in [0.2, 0.25) is 11.8 Å². The summed E-state index contributed by atoms with van der Waals surface area (Å²) in [6.45, 7) is 5.21. The number of hydrazine groups is 1.